The molecule has 2 unspecified atom stereocenters. The Labute approximate surface area is 173 Å². The molecule has 2 aliphatic carbocycles. The summed E-state index contributed by atoms with van der Waals surface area (Å²) in [5.74, 6) is 0.666. The largest absolute Gasteiger partial charge is 0.311 e. The van der Waals surface area contributed by atoms with Crippen molar-refractivity contribution in [1.82, 2.24) is 14.8 Å². The predicted molar refractivity (Wildman–Crippen MR) is 112 cm³/mol. The summed E-state index contributed by atoms with van der Waals surface area (Å²) in [6.07, 6.45) is 6.56. The average molecular weight is 413 g/mol. The minimum absolute atomic E-state index is 0.0163. The first kappa shape index (κ1) is 19.8. The second-order valence-corrected chi connectivity index (χ2v) is 9.60. The first-order valence-corrected chi connectivity index (χ1v) is 10.4. The van der Waals surface area contributed by atoms with Crippen LogP contribution in [0.4, 0.5) is 5.69 Å². The minimum atomic E-state index is -0.387. The van der Waals surface area contributed by atoms with Crippen LogP contribution in [-0.4, -0.2) is 31.6 Å². The van der Waals surface area contributed by atoms with Gasteiger partial charge in [0.25, 0.3) is 5.69 Å². The van der Waals surface area contributed by atoms with Crippen molar-refractivity contribution in [2.45, 2.75) is 50.1 Å². The first-order chi connectivity index (χ1) is 13.7. The van der Waals surface area contributed by atoms with Gasteiger partial charge in [-0.1, -0.05) is 26.8 Å². The highest BCUT2D eigenvalue weighted by Gasteiger charge is 2.59. The number of nitro benzene ring substituents is 1. The smallest absolute Gasteiger partial charge is 0.283 e. The van der Waals surface area contributed by atoms with Gasteiger partial charge in [0.15, 0.2) is 5.16 Å². The van der Waals surface area contributed by atoms with Crippen LogP contribution in [0.15, 0.2) is 44.8 Å². The summed E-state index contributed by atoms with van der Waals surface area (Å²) < 4.78 is 1.72. The fourth-order valence-electron chi connectivity index (χ4n) is 4.55. The molecule has 1 aromatic carbocycles. The molecule has 9 heteroatoms. The van der Waals surface area contributed by atoms with Crippen LogP contribution in [0.1, 0.15) is 45.6 Å². The summed E-state index contributed by atoms with van der Waals surface area (Å²) >= 11 is 1.21. The van der Waals surface area contributed by atoms with E-state index in [1.54, 1.807) is 30.2 Å². The standard InChI is InChI=1S/C20H24N6O2S/c1-19(2)14-7-8-20(19,3)17(10-14)23-21-11-13-5-6-16(15(9-13)26(27)28)29-18-24-22-12-25(18)4/h5-6,9,11-12,14H,7-8,10H2,1-4H3. The third-order valence-corrected chi connectivity index (χ3v) is 8.07. The van der Waals surface area contributed by atoms with Crippen molar-refractivity contribution < 1.29 is 4.92 Å². The Morgan fingerprint density at radius 2 is 2.17 bits per heavy atom. The molecule has 2 aliphatic rings. The molecule has 2 bridgehead atoms. The van der Waals surface area contributed by atoms with Crippen LogP contribution in [0.3, 0.4) is 0 Å². The van der Waals surface area contributed by atoms with Crippen LogP contribution in [-0.2, 0) is 7.05 Å². The summed E-state index contributed by atoms with van der Waals surface area (Å²) in [5.41, 5.74) is 2.16. The Kier molecular flexibility index (Phi) is 4.80. The average Bonchev–Trinajstić information content (AvgIpc) is 3.23. The van der Waals surface area contributed by atoms with Gasteiger partial charge in [0.05, 0.1) is 16.0 Å². The number of rotatable bonds is 5. The van der Waals surface area contributed by atoms with E-state index >= 15 is 0 Å². The van der Waals surface area contributed by atoms with Gasteiger partial charge in [-0.05, 0) is 48.4 Å². The van der Waals surface area contributed by atoms with Crippen LogP contribution in [0.2, 0.25) is 0 Å². The van der Waals surface area contributed by atoms with E-state index < -0.39 is 0 Å². The fraction of sp³-hybridized carbons (Fsp3) is 0.500. The number of aryl methyl sites for hydroxylation is 1. The molecule has 0 amide bonds. The summed E-state index contributed by atoms with van der Waals surface area (Å²) in [7, 11) is 1.80. The maximum atomic E-state index is 11.5. The quantitative estimate of drug-likeness (QED) is 0.409. The van der Waals surface area contributed by atoms with E-state index in [4.69, 9.17) is 0 Å². The lowest BCUT2D eigenvalue weighted by molar-refractivity contribution is -0.387. The molecule has 1 heterocycles. The predicted octanol–water partition coefficient (Wildman–Crippen LogP) is 4.50. The number of hydrogen-bond acceptors (Lipinski definition) is 7. The van der Waals surface area contributed by atoms with Gasteiger partial charge in [-0.3, -0.25) is 10.1 Å². The molecular weight excluding hydrogens is 388 g/mol. The van der Waals surface area contributed by atoms with Crippen molar-refractivity contribution in [3.8, 4) is 0 Å². The summed E-state index contributed by atoms with van der Waals surface area (Å²) in [6.45, 7) is 6.94. The van der Waals surface area contributed by atoms with E-state index in [1.807, 2.05) is 6.07 Å². The monoisotopic (exact) mass is 412 g/mol. The highest BCUT2D eigenvalue weighted by Crippen LogP contribution is 2.64. The highest BCUT2D eigenvalue weighted by atomic mass is 32.2. The Balaban J connectivity index is 1.56. The van der Waals surface area contributed by atoms with Gasteiger partial charge >= 0.3 is 0 Å². The number of nitrogens with zero attached hydrogens (tertiary/aromatic N) is 6. The highest BCUT2D eigenvalue weighted by molar-refractivity contribution is 7.99. The van der Waals surface area contributed by atoms with E-state index in [2.05, 4.69) is 41.2 Å². The van der Waals surface area contributed by atoms with Gasteiger partial charge in [0, 0.05) is 29.8 Å². The zero-order valence-electron chi connectivity index (χ0n) is 17.0. The lowest BCUT2D eigenvalue weighted by Gasteiger charge is -2.34. The molecule has 0 radical (unpaired) electrons. The second-order valence-electron chi connectivity index (χ2n) is 8.60. The van der Waals surface area contributed by atoms with Crippen LogP contribution in [0.25, 0.3) is 0 Å². The van der Waals surface area contributed by atoms with Gasteiger partial charge in [-0.2, -0.15) is 10.2 Å². The van der Waals surface area contributed by atoms with Crippen molar-refractivity contribution in [1.29, 1.82) is 0 Å². The van der Waals surface area contributed by atoms with E-state index in [0.717, 1.165) is 18.6 Å². The molecule has 2 fully saturated rings. The number of hydrogen-bond donors (Lipinski definition) is 0. The van der Waals surface area contributed by atoms with Crippen LogP contribution in [0, 0.1) is 26.9 Å². The summed E-state index contributed by atoms with van der Waals surface area (Å²) in [6, 6.07) is 5.05. The molecule has 4 rings (SSSR count). The molecular formula is C20H24N6O2S. The molecule has 2 aromatic rings. The van der Waals surface area contributed by atoms with Gasteiger partial charge < -0.3 is 4.57 Å². The molecule has 0 aliphatic heterocycles. The topological polar surface area (TPSA) is 98.6 Å². The molecule has 1 aromatic heterocycles. The molecule has 2 atom stereocenters. The Morgan fingerprint density at radius 1 is 1.38 bits per heavy atom. The lowest BCUT2D eigenvalue weighted by atomic mass is 9.70. The van der Waals surface area contributed by atoms with E-state index in [9.17, 15) is 10.1 Å². The lowest BCUT2D eigenvalue weighted by Crippen LogP contribution is -2.32. The third kappa shape index (κ3) is 3.27. The fourth-order valence-corrected chi connectivity index (χ4v) is 5.40. The normalized spacial score (nSPS) is 26.6. The van der Waals surface area contributed by atoms with Gasteiger partial charge in [-0.25, -0.2) is 0 Å². The maximum Gasteiger partial charge on any atom is 0.283 e. The number of fused-ring (bicyclic) bond motifs is 2. The Hall–Kier alpha value is -2.55. The zero-order chi connectivity index (χ0) is 20.8. The molecule has 152 valence electrons. The number of nitro groups is 1. The van der Waals surface area contributed by atoms with Crippen molar-refractivity contribution in [3.05, 3.63) is 40.2 Å². The van der Waals surface area contributed by atoms with Gasteiger partial charge in [-0.15, -0.1) is 10.2 Å². The first-order valence-electron chi connectivity index (χ1n) is 9.63. The Morgan fingerprint density at radius 3 is 2.76 bits per heavy atom. The number of benzene rings is 1. The molecule has 0 spiro atoms. The van der Waals surface area contributed by atoms with Crippen LogP contribution in [0.5, 0.6) is 0 Å². The maximum absolute atomic E-state index is 11.5. The molecule has 0 saturated heterocycles. The van der Waals surface area contributed by atoms with Crippen molar-refractivity contribution in [2.75, 3.05) is 0 Å². The minimum Gasteiger partial charge on any atom is -0.311 e. The van der Waals surface area contributed by atoms with E-state index in [0.29, 0.717) is 21.5 Å². The summed E-state index contributed by atoms with van der Waals surface area (Å²) in [5, 5.41) is 28.7. The Bertz CT molecular complexity index is 1030. The second kappa shape index (κ2) is 7.05. The third-order valence-electron chi connectivity index (χ3n) is 6.95. The molecule has 8 nitrogen and oxygen atoms in total. The van der Waals surface area contributed by atoms with Gasteiger partial charge in [0.2, 0.25) is 0 Å². The van der Waals surface area contributed by atoms with E-state index in [1.165, 1.54) is 24.2 Å². The molecule has 0 N–H and O–H groups in total. The van der Waals surface area contributed by atoms with Crippen molar-refractivity contribution in [3.63, 3.8) is 0 Å². The zero-order valence-corrected chi connectivity index (χ0v) is 17.8. The van der Waals surface area contributed by atoms with Crippen LogP contribution >= 0.6 is 11.8 Å². The van der Waals surface area contributed by atoms with Gasteiger partial charge in [0.1, 0.15) is 6.33 Å². The summed E-state index contributed by atoms with van der Waals surface area (Å²) in [4.78, 5) is 11.7. The molecule has 29 heavy (non-hydrogen) atoms. The SMILES string of the molecule is Cn1cnnc1Sc1ccc(C=NN=C2CC3CCC2(C)C3(C)C)cc1[N+](=O)[O-]. The number of aromatic nitrogens is 3. The molecule has 2 saturated carbocycles. The van der Waals surface area contributed by atoms with Crippen LogP contribution < -0.4 is 0 Å². The van der Waals surface area contributed by atoms with Crippen molar-refractivity contribution in [2.24, 2.45) is 34.0 Å². The van der Waals surface area contributed by atoms with Crippen molar-refractivity contribution >= 4 is 29.4 Å². The van der Waals surface area contributed by atoms with E-state index in [-0.39, 0.29) is 21.4 Å².